The molecule has 148 valence electrons. The summed E-state index contributed by atoms with van der Waals surface area (Å²) in [7, 11) is -3.94. The number of sulfone groups is 1. The van der Waals surface area contributed by atoms with Crippen LogP contribution < -0.4 is 5.73 Å². The van der Waals surface area contributed by atoms with E-state index >= 15 is 0 Å². The number of halogens is 1. The fourth-order valence-electron chi connectivity index (χ4n) is 3.53. The highest BCUT2D eigenvalue weighted by Gasteiger charge is 2.53. The van der Waals surface area contributed by atoms with Gasteiger partial charge in [-0.05, 0) is 32.4 Å². The predicted octanol–water partition coefficient (Wildman–Crippen LogP) is 2.96. The van der Waals surface area contributed by atoms with Crippen molar-refractivity contribution in [2.75, 3.05) is 5.75 Å². The highest BCUT2D eigenvalue weighted by molar-refractivity contribution is 7.93. The third-order valence-corrected chi connectivity index (χ3v) is 7.89. The molecule has 2 N–H and O–H groups in total. The van der Waals surface area contributed by atoms with Crippen molar-refractivity contribution in [2.24, 2.45) is 10.7 Å². The summed E-state index contributed by atoms with van der Waals surface area (Å²) in [4.78, 5) is 14.7. The first-order valence-corrected chi connectivity index (χ1v) is 10.2. The molecule has 0 amide bonds. The van der Waals surface area contributed by atoms with E-state index in [9.17, 15) is 22.9 Å². The Bertz CT molecular complexity index is 1120. The second-order valence-corrected chi connectivity index (χ2v) is 9.69. The summed E-state index contributed by atoms with van der Waals surface area (Å²) in [5.41, 5.74) is 5.36. The number of benzene rings is 2. The number of nitrogens with zero attached hydrogens (tertiary/aromatic N) is 2. The van der Waals surface area contributed by atoms with Crippen LogP contribution in [-0.4, -0.2) is 24.9 Å². The standard InChI is InChI=1S/C19H20FN3O4S/c1-12-5-4-6-13(9-12)19(3)17(21)22-18(2,11-28(19,26)27)15-10-14(23(24)25)7-8-16(15)20/h4-10H,11H2,1-3H3,(H2,21,22)/t18-,19+/m0/s1. The fourth-order valence-corrected chi connectivity index (χ4v) is 5.62. The summed E-state index contributed by atoms with van der Waals surface area (Å²) < 4.78 is 39.6. The lowest BCUT2D eigenvalue weighted by Crippen LogP contribution is -2.54. The third kappa shape index (κ3) is 2.95. The molecule has 3 rings (SSSR count). The fraction of sp³-hybridized carbons (Fsp3) is 0.316. The normalized spacial score (nSPS) is 26.5. The molecule has 0 fully saturated rings. The summed E-state index contributed by atoms with van der Waals surface area (Å²) >= 11 is 0. The number of hydrogen-bond acceptors (Lipinski definition) is 6. The smallest absolute Gasteiger partial charge is 0.270 e. The van der Waals surface area contributed by atoms with Crippen molar-refractivity contribution in [3.8, 4) is 0 Å². The quantitative estimate of drug-likeness (QED) is 0.623. The van der Waals surface area contributed by atoms with Crippen LogP contribution in [0.3, 0.4) is 0 Å². The second kappa shape index (κ2) is 6.37. The minimum Gasteiger partial charge on any atom is -0.386 e. The molecule has 0 spiro atoms. The Balaban J connectivity index is 2.23. The molecule has 0 aromatic heterocycles. The molecule has 0 saturated carbocycles. The van der Waals surface area contributed by atoms with E-state index in [1.54, 1.807) is 18.2 Å². The SMILES string of the molecule is Cc1cccc([C@]2(C)C(N)=N[C@](C)(c3cc([N+](=O)[O-])ccc3F)CS2(=O)=O)c1. The largest absolute Gasteiger partial charge is 0.386 e. The topological polar surface area (TPSA) is 116 Å². The molecule has 9 heteroatoms. The molecular formula is C19H20FN3O4S. The molecule has 2 aromatic carbocycles. The Hall–Kier alpha value is -2.81. The maximum Gasteiger partial charge on any atom is 0.270 e. The van der Waals surface area contributed by atoms with Crippen molar-refractivity contribution < 1.29 is 17.7 Å². The number of non-ortho nitro benzene ring substituents is 1. The first-order valence-electron chi connectivity index (χ1n) is 8.50. The highest BCUT2D eigenvalue weighted by atomic mass is 32.2. The van der Waals surface area contributed by atoms with Gasteiger partial charge < -0.3 is 5.73 Å². The number of nitro groups is 1. The molecule has 1 aliphatic rings. The van der Waals surface area contributed by atoms with Crippen molar-refractivity contribution in [3.05, 3.63) is 75.1 Å². The maximum atomic E-state index is 14.5. The van der Waals surface area contributed by atoms with Crippen LogP contribution in [0.4, 0.5) is 10.1 Å². The summed E-state index contributed by atoms with van der Waals surface area (Å²) in [6, 6.07) is 9.90. The highest BCUT2D eigenvalue weighted by Crippen LogP contribution is 2.43. The number of rotatable bonds is 3. The van der Waals surface area contributed by atoms with Gasteiger partial charge in [0.05, 0.1) is 10.7 Å². The van der Waals surface area contributed by atoms with Crippen LogP contribution >= 0.6 is 0 Å². The van der Waals surface area contributed by atoms with Crippen molar-refractivity contribution in [3.63, 3.8) is 0 Å². The molecule has 0 bridgehead atoms. The minimum atomic E-state index is -3.94. The predicted molar refractivity (Wildman–Crippen MR) is 104 cm³/mol. The average molecular weight is 405 g/mol. The molecule has 7 nitrogen and oxygen atoms in total. The van der Waals surface area contributed by atoms with E-state index in [0.717, 1.165) is 23.8 Å². The zero-order chi connectivity index (χ0) is 20.9. The molecule has 2 aromatic rings. The molecule has 0 saturated heterocycles. The maximum absolute atomic E-state index is 14.5. The summed E-state index contributed by atoms with van der Waals surface area (Å²) in [6.07, 6.45) is 0. The van der Waals surface area contributed by atoms with Crippen LogP contribution in [0, 0.1) is 22.9 Å². The van der Waals surface area contributed by atoms with E-state index in [4.69, 9.17) is 5.73 Å². The van der Waals surface area contributed by atoms with Crippen LogP contribution in [0.1, 0.15) is 30.5 Å². The number of nitro benzene ring substituents is 1. The van der Waals surface area contributed by atoms with Crippen LogP contribution in [0.5, 0.6) is 0 Å². The Kier molecular flexibility index (Phi) is 4.54. The second-order valence-electron chi connectivity index (χ2n) is 7.35. The van der Waals surface area contributed by atoms with Crippen LogP contribution in [0.15, 0.2) is 47.5 Å². The molecule has 1 aliphatic heterocycles. The zero-order valence-electron chi connectivity index (χ0n) is 15.6. The van der Waals surface area contributed by atoms with Crippen molar-refractivity contribution in [2.45, 2.75) is 31.1 Å². The lowest BCUT2D eigenvalue weighted by Gasteiger charge is -2.40. The van der Waals surface area contributed by atoms with Crippen LogP contribution in [-0.2, 0) is 20.1 Å². The van der Waals surface area contributed by atoms with E-state index in [1.807, 2.05) is 13.0 Å². The Morgan fingerprint density at radius 3 is 2.46 bits per heavy atom. The van der Waals surface area contributed by atoms with E-state index in [1.165, 1.54) is 13.8 Å². The van der Waals surface area contributed by atoms with Gasteiger partial charge in [-0.3, -0.25) is 15.1 Å². The van der Waals surface area contributed by atoms with Crippen LogP contribution in [0.25, 0.3) is 0 Å². The van der Waals surface area contributed by atoms with E-state index in [0.29, 0.717) is 5.56 Å². The lowest BCUT2D eigenvalue weighted by atomic mass is 9.91. The summed E-state index contributed by atoms with van der Waals surface area (Å²) in [5.74, 6) is -1.50. The van der Waals surface area contributed by atoms with Gasteiger partial charge in [0.2, 0.25) is 0 Å². The van der Waals surface area contributed by atoms with E-state index in [2.05, 4.69) is 4.99 Å². The van der Waals surface area contributed by atoms with Gasteiger partial charge in [-0.15, -0.1) is 0 Å². The van der Waals surface area contributed by atoms with Gasteiger partial charge >= 0.3 is 0 Å². The number of aryl methyl sites for hydroxylation is 1. The van der Waals surface area contributed by atoms with Gasteiger partial charge in [0.25, 0.3) is 5.69 Å². The summed E-state index contributed by atoms with van der Waals surface area (Å²) in [5, 5.41) is 11.1. The number of nitrogens with two attached hydrogens (primary N) is 1. The monoisotopic (exact) mass is 405 g/mol. The van der Waals surface area contributed by atoms with Gasteiger partial charge in [-0.2, -0.15) is 0 Å². The van der Waals surface area contributed by atoms with Gasteiger partial charge in [-0.1, -0.05) is 29.8 Å². The molecule has 1 heterocycles. The average Bonchev–Trinajstić information content (AvgIpc) is 2.59. The van der Waals surface area contributed by atoms with Gasteiger partial charge in [0.15, 0.2) is 14.6 Å². The molecule has 2 atom stereocenters. The Labute approximate surface area is 162 Å². The van der Waals surface area contributed by atoms with Gasteiger partial charge in [-0.25, -0.2) is 12.8 Å². The molecule has 28 heavy (non-hydrogen) atoms. The molecule has 0 unspecified atom stereocenters. The van der Waals surface area contributed by atoms with Crippen molar-refractivity contribution in [1.82, 2.24) is 0 Å². The molecular weight excluding hydrogens is 385 g/mol. The Morgan fingerprint density at radius 1 is 1.21 bits per heavy atom. The Morgan fingerprint density at radius 2 is 1.89 bits per heavy atom. The van der Waals surface area contributed by atoms with E-state index < -0.39 is 36.6 Å². The molecule has 0 aliphatic carbocycles. The number of aliphatic imine (C=N–C) groups is 1. The van der Waals surface area contributed by atoms with Crippen molar-refractivity contribution in [1.29, 1.82) is 0 Å². The number of amidine groups is 1. The van der Waals surface area contributed by atoms with Crippen molar-refractivity contribution >= 4 is 21.4 Å². The van der Waals surface area contributed by atoms with Crippen LogP contribution in [0.2, 0.25) is 0 Å². The minimum absolute atomic E-state index is 0.181. The zero-order valence-corrected chi connectivity index (χ0v) is 16.5. The summed E-state index contributed by atoms with van der Waals surface area (Å²) in [6.45, 7) is 4.72. The molecule has 0 radical (unpaired) electrons. The van der Waals surface area contributed by atoms with E-state index in [-0.39, 0.29) is 17.1 Å². The third-order valence-electron chi connectivity index (χ3n) is 5.26. The lowest BCUT2D eigenvalue weighted by molar-refractivity contribution is -0.385. The first kappa shape index (κ1) is 19.9. The number of hydrogen-bond donors (Lipinski definition) is 1. The van der Waals surface area contributed by atoms with Gasteiger partial charge in [0, 0.05) is 17.7 Å². The first-order chi connectivity index (χ1) is 12.9. The van der Waals surface area contributed by atoms with Gasteiger partial charge in [0.1, 0.15) is 17.2 Å².